The maximum absolute atomic E-state index is 13.6. The van der Waals surface area contributed by atoms with Gasteiger partial charge in [-0.25, -0.2) is 4.79 Å². The van der Waals surface area contributed by atoms with Crippen molar-refractivity contribution in [3.8, 4) is 0 Å². The van der Waals surface area contributed by atoms with Gasteiger partial charge in [0.05, 0.1) is 23.7 Å². The average Bonchev–Trinajstić information content (AvgIpc) is 3.05. The summed E-state index contributed by atoms with van der Waals surface area (Å²) in [5.74, 6) is 0.0720. The third-order valence-electron chi connectivity index (χ3n) is 5.16. The number of amides is 2. The Morgan fingerprint density at radius 3 is 2.38 bits per heavy atom. The lowest BCUT2D eigenvalue weighted by molar-refractivity contribution is -0.143. The first-order chi connectivity index (χ1) is 14.6. The zero-order valence-corrected chi connectivity index (χ0v) is 21.4. The summed E-state index contributed by atoms with van der Waals surface area (Å²) in [5, 5.41) is 6.10. The van der Waals surface area contributed by atoms with Crippen LogP contribution in [-0.4, -0.2) is 83.1 Å². The maximum atomic E-state index is 13.6. The highest BCUT2D eigenvalue weighted by Gasteiger charge is 2.47. The van der Waals surface area contributed by atoms with Crippen molar-refractivity contribution in [1.82, 2.24) is 15.5 Å². The predicted molar refractivity (Wildman–Crippen MR) is 123 cm³/mol. The zero-order valence-electron chi connectivity index (χ0n) is 20.6. The van der Waals surface area contributed by atoms with Crippen LogP contribution in [0.2, 0.25) is 0 Å². The summed E-state index contributed by atoms with van der Waals surface area (Å²) in [4.78, 5) is 39.4. The third kappa shape index (κ3) is 7.52. The summed E-state index contributed by atoms with van der Waals surface area (Å²) in [5.41, 5.74) is -1.18. The van der Waals surface area contributed by atoms with Gasteiger partial charge in [-0.05, 0) is 61.3 Å². The van der Waals surface area contributed by atoms with Crippen LogP contribution in [-0.2, 0) is 23.8 Å². The predicted octanol–water partition coefficient (Wildman–Crippen LogP) is 2.28. The van der Waals surface area contributed by atoms with Gasteiger partial charge >= 0.3 is 12.1 Å². The number of carbonyl (C=O) groups excluding carboxylic acids is 3. The van der Waals surface area contributed by atoms with Crippen molar-refractivity contribution in [2.45, 2.75) is 95.6 Å². The van der Waals surface area contributed by atoms with Crippen molar-refractivity contribution < 1.29 is 28.6 Å². The molecule has 0 radical (unpaired) electrons. The highest BCUT2D eigenvalue weighted by molar-refractivity contribution is 8.01. The van der Waals surface area contributed by atoms with Crippen LogP contribution in [0.15, 0.2) is 0 Å². The number of methoxy groups -OCH3 is 1. The minimum Gasteiger partial charge on any atom is -0.468 e. The normalized spacial score (nSPS) is 25.9. The number of esters is 1. The highest BCUT2D eigenvalue weighted by atomic mass is 32.2. The largest absolute Gasteiger partial charge is 0.468 e. The number of thioether (sulfide) groups is 1. The molecule has 2 rings (SSSR count). The van der Waals surface area contributed by atoms with Crippen molar-refractivity contribution in [3.05, 3.63) is 0 Å². The van der Waals surface area contributed by atoms with Gasteiger partial charge in [-0.2, -0.15) is 0 Å². The Morgan fingerprint density at radius 2 is 1.81 bits per heavy atom. The number of nitrogens with zero attached hydrogens (tertiary/aromatic N) is 1. The van der Waals surface area contributed by atoms with Gasteiger partial charge in [0.1, 0.15) is 17.7 Å². The number of piperidine rings is 1. The number of rotatable bonds is 5. The first kappa shape index (κ1) is 26.7. The molecule has 2 amide bonds. The molecule has 4 atom stereocenters. The summed E-state index contributed by atoms with van der Waals surface area (Å²) in [6.07, 6.45) is 0.395. The maximum Gasteiger partial charge on any atom is 0.408 e. The number of alkyl carbamates (subject to hydrolysis) is 1. The Morgan fingerprint density at radius 1 is 1.16 bits per heavy atom. The molecule has 0 aliphatic carbocycles. The molecule has 0 aromatic rings. The fourth-order valence-electron chi connectivity index (χ4n) is 4.00. The third-order valence-corrected chi connectivity index (χ3v) is 6.67. The Bertz CT molecular complexity index is 705. The van der Waals surface area contributed by atoms with Gasteiger partial charge in [0.25, 0.3) is 0 Å². The molecule has 10 heteroatoms. The van der Waals surface area contributed by atoms with E-state index in [4.69, 9.17) is 14.2 Å². The van der Waals surface area contributed by atoms with Crippen LogP contribution in [0.4, 0.5) is 4.79 Å². The van der Waals surface area contributed by atoms with E-state index < -0.39 is 34.3 Å². The van der Waals surface area contributed by atoms with Crippen LogP contribution in [0.25, 0.3) is 0 Å². The molecule has 0 bridgehead atoms. The molecular formula is C22H39N3O6S. The number of hydrogen-bond donors (Lipinski definition) is 2. The monoisotopic (exact) mass is 473 g/mol. The number of hydrogen-bond acceptors (Lipinski definition) is 8. The van der Waals surface area contributed by atoms with E-state index in [0.717, 1.165) is 12.8 Å². The summed E-state index contributed by atoms with van der Waals surface area (Å²) in [6.45, 7) is 13.8. The van der Waals surface area contributed by atoms with Crippen LogP contribution in [0.5, 0.6) is 0 Å². The Kier molecular flexibility index (Phi) is 8.50. The number of likely N-dealkylation sites (tertiary alicyclic amines) is 1. The summed E-state index contributed by atoms with van der Waals surface area (Å²) in [7, 11) is 1.37. The molecule has 9 nitrogen and oxygen atoms in total. The second-order valence-electron chi connectivity index (χ2n) is 10.4. The molecule has 2 aliphatic rings. The molecular weight excluding hydrogens is 434 g/mol. The van der Waals surface area contributed by atoms with E-state index >= 15 is 0 Å². The standard InChI is InChI=1S/C22H39N3O6S/c1-14(30-20(2,3)4)16(23-19(28)31-21(5,6)7)17(26)25-11-9-10-22(13-25)24-15(12-32-22)18(27)29-8/h14-16,24H,9-13H2,1-8H3,(H,23,28)/t14-,15+,16+,22?/m1/s1. The van der Waals surface area contributed by atoms with E-state index in [1.807, 2.05) is 20.8 Å². The molecule has 2 fully saturated rings. The molecule has 2 aliphatic heterocycles. The van der Waals surface area contributed by atoms with Crippen molar-refractivity contribution in [2.24, 2.45) is 0 Å². The quantitative estimate of drug-likeness (QED) is 0.586. The molecule has 2 heterocycles. The van der Waals surface area contributed by atoms with Crippen molar-refractivity contribution in [1.29, 1.82) is 0 Å². The van der Waals surface area contributed by atoms with Gasteiger partial charge in [0.15, 0.2) is 0 Å². The SMILES string of the molecule is COC(=O)[C@@H]1CSC2(CCCN(C(=O)[C@@H](NC(=O)OC(C)(C)C)[C@@H](C)OC(C)(C)C)C2)N1. The highest BCUT2D eigenvalue weighted by Crippen LogP contribution is 2.38. The molecule has 2 N–H and O–H groups in total. The van der Waals surface area contributed by atoms with Gasteiger partial charge in [-0.3, -0.25) is 14.9 Å². The number of ether oxygens (including phenoxy) is 3. The number of carbonyl (C=O) groups is 3. The Labute approximate surface area is 195 Å². The minimum atomic E-state index is -0.901. The summed E-state index contributed by atoms with van der Waals surface area (Å²) >= 11 is 1.64. The molecule has 1 unspecified atom stereocenters. The molecule has 2 saturated heterocycles. The van der Waals surface area contributed by atoms with Gasteiger partial charge < -0.3 is 24.4 Å². The van der Waals surface area contributed by atoms with Crippen molar-refractivity contribution in [3.63, 3.8) is 0 Å². The van der Waals surface area contributed by atoms with Crippen LogP contribution in [0, 0.1) is 0 Å². The van der Waals surface area contributed by atoms with E-state index in [0.29, 0.717) is 18.8 Å². The Balaban J connectivity index is 2.16. The van der Waals surface area contributed by atoms with Crippen molar-refractivity contribution >= 4 is 29.7 Å². The molecule has 0 aromatic carbocycles. The first-order valence-corrected chi connectivity index (χ1v) is 12.1. The van der Waals surface area contributed by atoms with Gasteiger partial charge in [0.2, 0.25) is 5.91 Å². The lowest BCUT2D eigenvalue weighted by Gasteiger charge is -2.42. The van der Waals surface area contributed by atoms with E-state index in [2.05, 4.69) is 10.6 Å². The average molecular weight is 474 g/mol. The van der Waals surface area contributed by atoms with Gasteiger partial charge in [0, 0.05) is 18.8 Å². The molecule has 0 aromatic heterocycles. The lowest BCUT2D eigenvalue weighted by Crippen LogP contribution is -2.61. The second kappa shape index (κ2) is 10.2. The second-order valence-corrected chi connectivity index (χ2v) is 11.9. The number of nitrogens with one attached hydrogen (secondary N) is 2. The van der Waals surface area contributed by atoms with Gasteiger partial charge in [-0.15, -0.1) is 11.8 Å². The van der Waals surface area contributed by atoms with Crippen LogP contribution >= 0.6 is 11.8 Å². The van der Waals surface area contributed by atoms with Crippen LogP contribution in [0.1, 0.15) is 61.3 Å². The minimum absolute atomic E-state index is 0.226. The van der Waals surface area contributed by atoms with E-state index in [9.17, 15) is 14.4 Å². The van der Waals surface area contributed by atoms with Crippen LogP contribution in [0.3, 0.4) is 0 Å². The molecule has 184 valence electrons. The van der Waals surface area contributed by atoms with E-state index in [1.54, 1.807) is 44.4 Å². The van der Waals surface area contributed by atoms with E-state index in [-0.39, 0.29) is 17.9 Å². The summed E-state index contributed by atoms with van der Waals surface area (Å²) in [6, 6.07) is -1.29. The lowest BCUT2D eigenvalue weighted by atomic mass is 10.0. The first-order valence-electron chi connectivity index (χ1n) is 11.1. The fourth-order valence-corrected chi connectivity index (χ4v) is 5.46. The van der Waals surface area contributed by atoms with E-state index in [1.165, 1.54) is 7.11 Å². The topological polar surface area (TPSA) is 106 Å². The Hall–Kier alpha value is -1.52. The molecule has 32 heavy (non-hydrogen) atoms. The summed E-state index contributed by atoms with van der Waals surface area (Å²) < 4.78 is 16.3. The fraction of sp³-hybridized carbons (Fsp3) is 0.864. The smallest absolute Gasteiger partial charge is 0.408 e. The molecule has 0 saturated carbocycles. The zero-order chi connectivity index (χ0) is 24.3. The van der Waals surface area contributed by atoms with Crippen molar-refractivity contribution in [2.75, 3.05) is 26.0 Å². The van der Waals surface area contributed by atoms with Gasteiger partial charge in [-0.1, -0.05) is 0 Å². The van der Waals surface area contributed by atoms with Crippen LogP contribution < -0.4 is 10.6 Å². The molecule has 1 spiro atoms.